The van der Waals surface area contributed by atoms with Crippen molar-refractivity contribution in [2.45, 2.75) is 19.2 Å². The van der Waals surface area contributed by atoms with Crippen molar-refractivity contribution in [1.82, 2.24) is 4.90 Å². The van der Waals surface area contributed by atoms with Crippen molar-refractivity contribution in [3.8, 4) is 18.1 Å². The highest BCUT2D eigenvalue weighted by atomic mass is 16.5. The highest BCUT2D eigenvalue weighted by Gasteiger charge is 2.15. The number of aliphatic hydroxyl groups is 1. The molecule has 0 heterocycles. The molecule has 25 heavy (non-hydrogen) atoms. The lowest BCUT2D eigenvalue weighted by molar-refractivity contribution is 0.0242. The van der Waals surface area contributed by atoms with Gasteiger partial charge in [-0.15, -0.1) is 6.42 Å². The molecule has 0 aromatic heterocycles. The summed E-state index contributed by atoms with van der Waals surface area (Å²) >= 11 is 0. The third-order valence-corrected chi connectivity index (χ3v) is 3.80. The Bertz CT molecular complexity index is 666. The van der Waals surface area contributed by atoms with Gasteiger partial charge in [-0.2, -0.15) is 0 Å². The van der Waals surface area contributed by atoms with Crippen molar-refractivity contribution in [2.24, 2.45) is 0 Å². The van der Waals surface area contributed by atoms with E-state index in [0.29, 0.717) is 13.1 Å². The molecule has 1 N–H and O–H groups in total. The topological polar surface area (TPSA) is 41.9 Å². The molecule has 0 fully saturated rings. The molecule has 0 spiro atoms. The Kier molecular flexibility index (Phi) is 8.00. The molecule has 0 amide bonds. The standard InChI is InChI=1S/C21H25NO3/c1-3-13-25-17-20(23)16-22(14-18-9-5-4-6-10-18)15-19-11-7-8-12-21(19)24-2/h1,4-12,20,23H,13-17H2,2H3. The predicted molar refractivity (Wildman–Crippen MR) is 99.2 cm³/mol. The van der Waals surface area contributed by atoms with Gasteiger partial charge in [0.05, 0.1) is 19.8 Å². The maximum Gasteiger partial charge on any atom is 0.123 e. The fourth-order valence-electron chi connectivity index (χ4n) is 2.71. The molecule has 0 saturated carbocycles. The van der Waals surface area contributed by atoms with Crippen molar-refractivity contribution in [3.05, 3.63) is 65.7 Å². The molecule has 2 aromatic carbocycles. The Labute approximate surface area is 150 Å². The molecular weight excluding hydrogens is 314 g/mol. The lowest BCUT2D eigenvalue weighted by Crippen LogP contribution is -2.34. The Morgan fingerprint density at radius 1 is 1.08 bits per heavy atom. The van der Waals surface area contributed by atoms with Crippen LogP contribution in [0.4, 0.5) is 0 Å². The predicted octanol–water partition coefficient (Wildman–Crippen LogP) is 2.71. The van der Waals surface area contributed by atoms with Crippen molar-refractivity contribution >= 4 is 0 Å². The van der Waals surface area contributed by atoms with Crippen LogP contribution in [-0.2, 0) is 17.8 Å². The van der Waals surface area contributed by atoms with Gasteiger partial charge in [0.25, 0.3) is 0 Å². The normalized spacial score (nSPS) is 11.9. The minimum Gasteiger partial charge on any atom is -0.496 e. The van der Waals surface area contributed by atoms with E-state index in [9.17, 15) is 5.11 Å². The Morgan fingerprint density at radius 2 is 1.80 bits per heavy atom. The molecule has 2 aromatic rings. The number of hydrogen-bond donors (Lipinski definition) is 1. The van der Waals surface area contributed by atoms with Crippen LogP contribution in [0, 0.1) is 12.3 Å². The first kappa shape index (κ1) is 19.0. The van der Waals surface area contributed by atoms with Crippen LogP contribution in [0.3, 0.4) is 0 Å². The lowest BCUT2D eigenvalue weighted by Gasteiger charge is -2.26. The van der Waals surface area contributed by atoms with Gasteiger partial charge >= 0.3 is 0 Å². The number of benzene rings is 2. The largest absolute Gasteiger partial charge is 0.496 e. The van der Waals surface area contributed by atoms with Gasteiger partial charge in [0.15, 0.2) is 0 Å². The second-order valence-corrected chi connectivity index (χ2v) is 5.84. The summed E-state index contributed by atoms with van der Waals surface area (Å²) in [5.41, 5.74) is 2.27. The van der Waals surface area contributed by atoms with E-state index in [0.717, 1.165) is 17.9 Å². The van der Waals surface area contributed by atoms with E-state index in [4.69, 9.17) is 15.9 Å². The Hall–Kier alpha value is -2.32. The highest BCUT2D eigenvalue weighted by Crippen LogP contribution is 2.20. The third kappa shape index (κ3) is 6.60. The lowest BCUT2D eigenvalue weighted by atomic mass is 10.1. The second kappa shape index (κ2) is 10.5. The summed E-state index contributed by atoms with van der Waals surface area (Å²) in [4.78, 5) is 2.18. The van der Waals surface area contributed by atoms with Crippen LogP contribution >= 0.6 is 0 Å². The minimum atomic E-state index is -0.605. The van der Waals surface area contributed by atoms with Gasteiger partial charge in [-0.05, 0) is 11.6 Å². The molecule has 4 nitrogen and oxygen atoms in total. The van der Waals surface area contributed by atoms with Crippen LogP contribution in [0.25, 0.3) is 0 Å². The van der Waals surface area contributed by atoms with Crippen molar-refractivity contribution in [2.75, 3.05) is 26.9 Å². The SMILES string of the molecule is C#CCOCC(O)CN(Cc1ccccc1)Cc1ccccc1OC. The zero-order valence-corrected chi connectivity index (χ0v) is 14.6. The zero-order chi connectivity index (χ0) is 17.9. The summed E-state index contributed by atoms with van der Waals surface area (Å²) in [7, 11) is 1.67. The maximum atomic E-state index is 10.3. The first-order valence-corrected chi connectivity index (χ1v) is 8.30. The average Bonchev–Trinajstić information content (AvgIpc) is 2.63. The van der Waals surface area contributed by atoms with Gasteiger partial charge in [0, 0.05) is 25.2 Å². The molecule has 132 valence electrons. The molecular formula is C21H25NO3. The molecule has 1 atom stereocenters. The van der Waals surface area contributed by atoms with Crippen molar-refractivity contribution < 1.29 is 14.6 Å². The molecule has 2 rings (SSSR count). The number of rotatable bonds is 10. The van der Waals surface area contributed by atoms with Gasteiger partial charge in [0.2, 0.25) is 0 Å². The smallest absolute Gasteiger partial charge is 0.123 e. The van der Waals surface area contributed by atoms with Crippen molar-refractivity contribution in [1.29, 1.82) is 0 Å². The van der Waals surface area contributed by atoms with E-state index < -0.39 is 6.10 Å². The molecule has 0 aliphatic rings. The van der Waals surface area contributed by atoms with E-state index in [-0.39, 0.29) is 13.2 Å². The van der Waals surface area contributed by atoms with E-state index >= 15 is 0 Å². The molecule has 0 saturated heterocycles. The van der Waals surface area contributed by atoms with Crippen LogP contribution in [0.15, 0.2) is 54.6 Å². The minimum absolute atomic E-state index is 0.211. The van der Waals surface area contributed by atoms with Crippen LogP contribution in [-0.4, -0.2) is 43.0 Å². The summed E-state index contributed by atoms with van der Waals surface area (Å²) in [5, 5.41) is 10.3. The number of methoxy groups -OCH3 is 1. The Morgan fingerprint density at radius 3 is 2.52 bits per heavy atom. The fraction of sp³-hybridized carbons (Fsp3) is 0.333. The zero-order valence-electron chi connectivity index (χ0n) is 14.6. The highest BCUT2D eigenvalue weighted by molar-refractivity contribution is 5.33. The first-order chi connectivity index (χ1) is 12.2. The summed E-state index contributed by atoms with van der Waals surface area (Å²) in [5.74, 6) is 3.25. The molecule has 4 heteroatoms. The summed E-state index contributed by atoms with van der Waals surface area (Å²) < 4.78 is 10.7. The summed E-state index contributed by atoms with van der Waals surface area (Å²) in [6.45, 7) is 2.32. The number of nitrogens with zero attached hydrogens (tertiary/aromatic N) is 1. The van der Waals surface area contributed by atoms with Crippen LogP contribution in [0.2, 0.25) is 0 Å². The van der Waals surface area contributed by atoms with E-state index in [1.165, 1.54) is 5.56 Å². The third-order valence-electron chi connectivity index (χ3n) is 3.80. The number of aliphatic hydroxyl groups excluding tert-OH is 1. The molecule has 0 bridgehead atoms. The van der Waals surface area contributed by atoms with E-state index in [2.05, 4.69) is 23.0 Å². The number of hydrogen-bond acceptors (Lipinski definition) is 4. The van der Waals surface area contributed by atoms with E-state index in [1.54, 1.807) is 7.11 Å². The quantitative estimate of drug-likeness (QED) is 0.534. The van der Waals surface area contributed by atoms with Gasteiger partial charge < -0.3 is 14.6 Å². The summed E-state index contributed by atoms with van der Waals surface area (Å²) in [6.07, 6.45) is 4.57. The number of terminal acetylenes is 1. The monoisotopic (exact) mass is 339 g/mol. The first-order valence-electron chi connectivity index (χ1n) is 8.30. The second-order valence-electron chi connectivity index (χ2n) is 5.84. The van der Waals surface area contributed by atoms with Crippen LogP contribution < -0.4 is 4.74 Å². The number of para-hydroxylation sites is 1. The van der Waals surface area contributed by atoms with Gasteiger partial charge in [-0.1, -0.05) is 54.5 Å². The molecule has 0 aliphatic heterocycles. The summed E-state index contributed by atoms with van der Waals surface area (Å²) in [6, 6.07) is 18.1. The van der Waals surface area contributed by atoms with Gasteiger partial charge in [0.1, 0.15) is 12.4 Å². The fourth-order valence-corrected chi connectivity index (χ4v) is 2.71. The van der Waals surface area contributed by atoms with Gasteiger partial charge in [-0.3, -0.25) is 4.90 Å². The van der Waals surface area contributed by atoms with Crippen molar-refractivity contribution in [3.63, 3.8) is 0 Å². The van der Waals surface area contributed by atoms with E-state index in [1.807, 2.05) is 42.5 Å². The maximum absolute atomic E-state index is 10.3. The molecule has 0 aliphatic carbocycles. The average molecular weight is 339 g/mol. The Balaban J connectivity index is 2.07. The molecule has 1 unspecified atom stereocenters. The van der Waals surface area contributed by atoms with Crippen LogP contribution in [0.1, 0.15) is 11.1 Å². The van der Waals surface area contributed by atoms with Gasteiger partial charge in [-0.25, -0.2) is 0 Å². The van der Waals surface area contributed by atoms with Crippen LogP contribution in [0.5, 0.6) is 5.75 Å². The number of ether oxygens (including phenoxy) is 2. The molecule has 0 radical (unpaired) electrons.